The van der Waals surface area contributed by atoms with Gasteiger partial charge in [0.05, 0.1) is 0 Å². The van der Waals surface area contributed by atoms with Crippen LogP contribution in [0.3, 0.4) is 0 Å². The molecular formula is C11H10ClN. The highest BCUT2D eigenvalue weighted by molar-refractivity contribution is 6.25. The minimum absolute atomic E-state index is 0.882. The molecule has 0 radical (unpaired) electrons. The largest absolute Gasteiger partial charge is 0.361 e. The number of rotatable bonds is 2. The average molecular weight is 192 g/mol. The molecule has 0 spiro atoms. The van der Waals surface area contributed by atoms with Crippen LogP contribution < -0.4 is 0 Å². The Labute approximate surface area is 82.0 Å². The van der Waals surface area contributed by atoms with E-state index in [9.17, 15) is 0 Å². The zero-order chi connectivity index (χ0) is 9.10. The molecule has 0 saturated carbocycles. The molecule has 0 aliphatic carbocycles. The number of benzene rings is 1. The van der Waals surface area contributed by atoms with E-state index in [1.165, 1.54) is 16.5 Å². The number of para-hydroxylation sites is 1. The third-order valence-electron chi connectivity index (χ3n) is 2.10. The van der Waals surface area contributed by atoms with Crippen LogP contribution in [0.15, 0.2) is 42.1 Å². The van der Waals surface area contributed by atoms with E-state index in [1.54, 1.807) is 5.54 Å². The van der Waals surface area contributed by atoms with E-state index in [0.29, 0.717) is 0 Å². The summed E-state index contributed by atoms with van der Waals surface area (Å²) in [7, 11) is 0. The lowest BCUT2D eigenvalue weighted by molar-refractivity contribution is 1.29. The maximum atomic E-state index is 5.48. The van der Waals surface area contributed by atoms with Crippen molar-refractivity contribution in [1.29, 1.82) is 0 Å². The summed E-state index contributed by atoms with van der Waals surface area (Å²) in [5, 5.41) is 1.28. The summed E-state index contributed by atoms with van der Waals surface area (Å²) in [6.07, 6.45) is 4.85. The second-order valence-electron chi connectivity index (χ2n) is 2.93. The molecule has 1 nitrogen and oxygen atoms in total. The van der Waals surface area contributed by atoms with Crippen LogP contribution in [0.25, 0.3) is 10.9 Å². The standard InChI is InChI=1S/C11H10ClN/c12-7-3-4-9-8-13-11-6-2-1-5-10(9)11/h1-3,5-8,13H,4H2. The predicted molar refractivity (Wildman–Crippen MR) is 57.0 cm³/mol. The summed E-state index contributed by atoms with van der Waals surface area (Å²) in [5.41, 5.74) is 4.02. The number of hydrogen-bond donors (Lipinski definition) is 1. The van der Waals surface area contributed by atoms with Crippen LogP contribution in [0.2, 0.25) is 0 Å². The summed E-state index contributed by atoms with van der Waals surface area (Å²) in [6, 6.07) is 8.26. The van der Waals surface area contributed by atoms with Crippen molar-refractivity contribution in [2.45, 2.75) is 6.42 Å². The van der Waals surface area contributed by atoms with Gasteiger partial charge in [0.15, 0.2) is 0 Å². The van der Waals surface area contributed by atoms with E-state index in [0.717, 1.165) is 6.42 Å². The van der Waals surface area contributed by atoms with Gasteiger partial charge in [-0.25, -0.2) is 0 Å². The number of aromatic amines is 1. The molecule has 0 atom stereocenters. The molecule has 1 aromatic heterocycles. The molecule has 0 saturated heterocycles. The van der Waals surface area contributed by atoms with Gasteiger partial charge < -0.3 is 4.98 Å². The lowest BCUT2D eigenvalue weighted by Gasteiger charge is -1.92. The zero-order valence-corrected chi connectivity index (χ0v) is 7.88. The smallest absolute Gasteiger partial charge is 0.0456 e. The molecular weight excluding hydrogens is 182 g/mol. The fourth-order valence-electron chi connectivity index (χ4n) is 1.47. The fourth-order valence-corrected chi connectivity index (χ4v) is 1.56. The molecule has 0 aliphatic rings. The SMILES string of the molecule is ClC=CCc1c[nH]c2ccccc12. The molecule has 0 amide bonds. The van der Waals surface area contributed by atoms with Crippen molar-refractivity contribution in [2.75, 3.05) is 0 Å². The van der Waals surface area contributed by atoms with Crippen LogP contribution in [0, 0.1) is 0 Å². The third kappa shape index (κ3) is 1.61. The average Bonchev–Trinajstić information content (AvgIpc) is 2.58. The minimum atomic E-state index is 0.882. The minimum Gasteiger partial charge on any atom is -0.361 e. The second kappa shape index (κ2) is 3.67. The van der Waals surface area contributed by atoms with Gasteiger partial charge in [0.25, 0.3) is 0 Å². The zero-order valence-electron chi connectivity index (χ0n) is 7.13. The number of allylic oxidation sites excluding steroid dienone is 1. The van der Waals surface area contributed by atoms with Crippen molar-refractivity contribution >= 4 is 22.5 Å². The van der Waals surface area contributed by atoms with Gasteiger partial charge in [-0.2, -0.15) is 0 Å². The maximum absolute atomic E-state index is 5.48. The normalized spacial score (nSPS) is 11.5. The highest BCUT2D eigenvalue weighted by Gasteiger charge is 1.99. The van der Waals surface area contributed by atoms with Crippen LogP contribution >= 0.6 is 11.6 Å². The Hall–Kier alpha value is -1.21. The van der Waals surface area contributed by atoms with Crippen molar-refractivity contribution in [2.24, 2.45) is 0 Å². The molecule has 0 unspecified atom stereocenters. The quantitative estimate of drug-likeness (QED) is 0.749. The van der Waals surface area contributed by atoms with Crippen molar-refractivity contribution in [3.8, 4) is 0 Å². The van der Waals surface area contributed by atoms with Crippen LogP contribution in [0.5, 0.6) is 0 Å². The molecule has 0 aliphatic heterocycles. The molecule has 2 aromatic rings. The van der Waals surface area contributed by atoms with Crippen molar-refractivity contribution < 1.29 is 0 Å². The Morgan fingerprint density at radius 1 is 1.31 bits per heavy atom. The Balaban J connectivity index is 2.45. The molecule has 0 bridgehead atoms. The van der Waals surface area contributed by atoms with Crippen LogP contribution in [0.1, 0.15) is 5.56 Å². The van der Waals surface area contributed by atoms with Gasteiger partial charge in [0.1, 0.15) is 0 Å². The van der Waals surface area contributed by atoms with Crippen LogP contribution in [-0.2, 0) is 6.42 Å². The summed E-state index contributed by atoms with van der Waals surface area (Å²) >= 11 is 5.48. The van der Waals surface area contributed by atoms with E-state index < -0.39 is 0 Å². The Morgan fingerprint density at radius 2 is 2.15 bits per heavy atom. The summed E-state index contributed by atoms with van der Waals surface area (Å²) in [5.74, 6) is 0. The molecule has 0 fully saturated rings. The van der Waals surface area contributed by atoms with Crippen molar-refractivity contribution in [3.05, 3.63) is 47.6 Å². The Bertz CT molecular complexity index is 428. The molecule has 13 heavy (non-hydrogen) atoms. The van der Waals surface area contributed by atoms with Gasteiger partial charge in [0.2, 0.25) is 0 Å². The summed E-state index contributed by atoms with van der Waals surface area (Å²) < 4.78 is 0. The highest BCUT2D eigenvalue weighted by atomic mass is 35.5. The first kappa shape index (κ1) is 8.39. The van der Waals surface area contributed by atoms with E-state index in [1.807, 2.05) is 24.4 Å². The maximum Gasteiger partial charge on any atom is 0.0456 e. The fraction of sp³-hybridized carbons (Fsp3) is 0.0909. The number of H-pyrrole nitrogens is 1. The first-order valence-corrected chi connectivity index (χ1v) is 4.65. The monoisotopic (exact) mass is 191 g/mol. The van der Waals surface area contributed by atoms with Gasteiger partial charge in [-0.3, -0.25) is 0 Å². The number of hydrogen-bond acceptors (Lipinski definition) is 0. The van der Waals surface area contributed by atoms with Crippen molar-refractivity contribution in [1.82, 2.24) is 4.98 Å². The van der Waals surface area contributed by atoms with Gasteiger partial charge in [-0.15, -0.1) is 0 Å². The van der Waals surface area contributed by atoms with Gasteiger partial charge in [0, 0.05) is 22.6 Å². The summed E-state index contributed by atoms with van der Waals surface area (Å²) in [4.78, 5) is 3.22. The third-order valence-corrected chi connectivity index (χ3v) is 2.28. The topological polar surface area (TPSA) is 15.8 Å². The highest BCUT2D eigenvalue weighted by Crippen LogP contribution is 2.18. The molecule has 2 rings (SSSR count). The van der Waals surface area contributed by atoms with Gasteiger partial charge in [-0.05, 0) is 18.1 Å². The number of halogens is 1. The Morgan fingerprint density at radius 3 is 3.00 bits per heavy atom. The second-order valence-corrected chi connectivity index (χ2v) is 3.18. The molecule has 1 N–H and O–H groups in total. The van der Waals surface area contributed by atoms with Crippen LogP contribution in [-0.4, -0.2) is 4.98 Å². The first-order valence-electron chi connectivity index (χ1n) is 4.22. The Kier molecular flexibility index (Phi) is 2.37. The summed E-state index contributed by atoms with van der Waals surface area (Å²) in [6.45, 7) is 0. The molecule has 1 aromatic carbocycles. The number of fused-ring (bicyclic) bond motifs is 1. The predicted octanol–water partition coefficient (Wildman–Crippen LogP) is 3.46. The first-order chi connectivity index (χ1) is 6.42. The number of aromatic nitrogens is 1. The lowest BCUT2D eigenvalue weighted by Crippen LogP contribution is -1.75. The van der Waals surface area contributed by atoms with Gasteiger partial charge in [-0.1, -0.05) is 35.9 Å². The van der Waals surface area contributed by atoms with E-state index in [4.69, 9.17) is 11.6 Å². The number of nitrogens with one attached hydrogen (secondary N) is 1. The van der Waals surface area contributed by atoms with E-state index in [-0.39, 0.29) is 0 Å². The van der Waals surface area contributed by atoms with Crippen LogP contribution in [0.4, 0.5) is 0 Å². The van der Waals surface area contributed by atoms with E-state index >= 15 is 0 Å². The van der Waals surface area contributed by atoms with E-state index in [2.05, 4.69) is 17.1 Å². The lowest BCUT2D eigenvalue weighted by atomic mass is 10.1. The molecule has 2 heteroatoms. The molecule has 66 valence electrons. The molecule has 1 heterocycles. The van der Waals surface area contributed by atoms with Gasteiger partial charge >= 0.3 is 0 Å². The van der Waals surface area contributed by atoms with Crippen molar-refractivity contribution in [3.63, 3.8) is 0 Å².